The summed E-state index contributed by atoms with van der Waals surface area (Å²) in [7, 11) is 0. The van der Waals surface area contributed by atoms with E-state index in [1.54, 1.807) is 12.1 Å². The number of carbonyl (C=O) groups excluding carboxylic acids is 1. The van der Waals surface area contributed by atoms with Crippen LogP contribution >= 0.6 is 38.5 Å². The largest absolute Gasteiger partial charge is 0.480 e. The van der Waals surface area contributed by atoms with Crippen LogP contribution in [0.5, 0.6) is 0 Å². The molecular formula is C20H18BrFINO3. The molecule has 2 aromatic carbocycles. The Bertz CT molecular complexity index is 890. The summed E-state index contributed by atoms with van der Waals surface area (Å²) < 4.78 is 15.8. The number of aliphatic carboxylic acids is 1. The second kappa shape index (κ2) is 8.68. The number of rotatable bonds is 6. The van der Waals surface area contributed by atoms with Crippen LogP contribution in [0.2, 0.25) is 0 Å². The van der Waals surface area contributed by atoms with Crippen LogP contribution in [0.15, 0.2) is 40.9 Å². The zero-order chi connectivity index (χ0) is 19.6. The first-order valence-corrected chi connectivity index (χ1v) is 10.4. The summed E-state index contributed by atoms with van der Waals surface area (Å²) in [5.74, 6) is -1.79. The zero-order valence-corrected chi connectivity index (χ0v) is 18.1. The molecule has 7 heteroatoms. The lowest BCUT2D eigenvalue weighted by Crippen LogP contribution is -2.43. The molecule has 0 bridgehead atoms. The van der Waals surface area contributed by atoms with Gasteiger partial charge in [0.2, 0.25) is 5.91 Å². The fraction of sp³-hybridized carbons (Fsp3) is 0.300. The van der Waals surface area contributed by atoms with Crippen molar-refractivity contribution in [2.75, 3.05) is 0 Å². The minimum atomic E-state index is -1.17. The van der Waals surface area contributed by atoms with Gasteiger partial charge in [-0.3, -0.25) is 4.79 Å². The van der Waals surface area contributed by atoms with Gasteiger partial charge in [0, 0.05) is 20.9 Å². The van der Waals surface area contributed by atoms with Gasteiger partial charge in [-0.15, -0.1) is 0 Å². The Labute approximate surface area is 178 Å². The minimum absolute atomic E-state index is 0.0818. The molecule has 0 saturated heterocycles. The van der Waals surface area contributed by atoms with E-state index in [9.17, 15) is 19.1 Å². The van der Waals surface area contributed by atoms with E-state index in [1.807, 2.05) is 28.7 Å². The lowest BCUT2D eigenvalue weighted by molar-refractivity contribution is -0.141. The number of benzene rings is 2. The van der Waals surface area contributed by atoms with Crippen molar-refractivity contribution in [2.45, 2.75) is 31.7 Å². The third-order valence-electron chi connectivity index (χ3n) is 4.72. The fourth-order valence-corrected chi connectivity index (χ4v) is 4.42. The zero-order valence-electron chi connectivity index (χ0n) is 14.3. The molecule has 2 aromatic rings. The van der Waals surface area contributed by atoms with Gasteiger partial charge in [0.1, 0.15) is 11.9 Å². The van der Waals surface area contributed by atoms with Crippen LogP contribution in [-0.4, -0.2) is 23.0 Å². The Hall–Kier alpha value is -1.48. The molecule has 0 fully saturated rings. The van der Waals surface area contributed by atoms with E-state index < -0.39 is 17.8 Å². The Morgan fingerprint density at radius 2 is 1.96 bits per heavy atom. The average molecular weight is 546 g/mol. The lowest BCUT2D eigenvalue weighted by Gasteiger charge is -2.17. The van der Waals surface area contributed by atoms with Gasteiger partial charge in [-0.05, 0) is 88.4 Å². The number of amides is 1. The molecule has 4 nitrogen and oxygen atoms in total. The van der Waals surface area contributed by atoms with Crippen molar-refractivity contribution in [1.82, 2.24) is 5.32 Å². The van der Waals surface area contributed by atoms with E-state index in [1.165, 1.54) is 17.2 Å². The van der Waals surface area contributed by atoms with Crippen LogP contribution < -0.4 is 5.32 Å². The summed E-state index contributed by atoms with van der Waals surface area (Å²) in [6, 6.07) is 9.48. The molecule has 0 heterocycles. The number of hydrogen-bond donors (Lipinski definition) is 2. The van der Waals surface area contributed by atoms with Crippen LogP contribution in [0, 0.1) is 15.3 Å². The van der Waals surface area contributed by atoms with Gasteiger partial charge in [0.15, 0.2) is 0 Å². The molecule has 2 unspecified atom stereocenters. The summed E-state index contributed by atoms with van der Waals surface area (Å²) in [6.07, 6.45) is 1.77. The number of hydrogen-bond acceptors (Lipinski definition) is 2. The molecule has 3 rings (SSSR count). The molecule has 27 heavy (non-hydrogen) atoms. The second-order valence-corrected chi connectivity index (χ2v) is 8.95. The monoisotopic (exact) mass is 545 g/mol. The SMILES string of the molecule is O=C(CC1Cc2ccc(Br)cc2C1)NC(Cc1cc(I)ccc1F)C(=O)O. The minimum Gasteiger partial charge on any atom is -0.480 e. The van der Waals surface area contributed by atoms with E-state index in [2.05, 4.69) is 33.4 Å². The Morgan fingerprint density at radius 1 is 1.22 bits per heavy atom. The molecule has 0 spiro atoms. The number of nitrogens with one attached hydrogen (secondary N) is 1. The average Bonchev–Trinajstić information content (AvgIpc) is 2.98. The van der Waals surface area contributed by atoms with Gasteiger partial charge in [0.05, 0.1) is 0 Å². The van der Waals surface area contributed by atoms with Crippen molar-refractivity contribution in [2.24, 2.45) is 5.92 Å². The highest BCUT2D eigenvalue weighted by Gasteiger charge is 2.27. The molecule has 2 N–H and O–H groups in total. The first-order valence-electron chi connectivity index (χ1n) is 8.55. The number of carboxylic acid groups (broad SMARTS) is 1. The number of carboxylic acids is 1. The maximum Gasteiger partial charge on any atom is 0.326 e. The summed E-state index contributed by atoms with van der Waals surface area (Å²) in [5.41, 5.74) is 2.73. The van der Waals surface area contributed by atoms with E-state index >= 15 is 0 Å². The topological polar surface area (TPSA) is 66.4 Å². The van der Waals surface area contributed by atoms with Crippen LogP contribution in [0.25, 0.3) is 0 Å². The standard InChI is InChI=1S/C20H18BrFINO3/c21-15-2-1-12-5-11(6-13(12)8-15)7-19(25)24-18(20(26)27)10-14-9-16(23)3-4-17(14)22/h1-4,8-9,11,18H,5-7,10H2,(H,24,25)(H,26,27). The van der Waals surface area contributed by atoms with Crippen molar-refractivity contribution in [1.29, 1.82) is 0 Å². The molecule has 0 aliphatic heterocycles. The van der Waals surface area contributed by atoms with E-state index in [4.69, 9.17) is 0 Å². The lowest BCUT2D eigenvalue weighted by atomic mass is 10.0. The van der Waals surface area contributed by atoms with Crippen LogP contribution in [0.4, 0.5) is 4.39 Å². The summed E-state index contributed by atoms with van der Waals surface area (Å²) >= 11 is 5.49. The molecule has 0 aromatic heterocycles. The van der Waals surface area contributed by atoms with Gasteiger partial charge in [-0.1, -0.05) is 22.0 Å². The highest BCUT2D eigenvalue weighted by atomic mass is 127. The molecule has 1 aliphatic rings. The Morgan fingerprint density at radius 3 is 2.70 bits per heavy atom. The maximum absolute atomic E-state index is 13.9. The van der Waals surface area contributed by atoms with Crippen molar-refractivity contribution < 1.29 is 19.1 Å². The molecule has 1 amide bonds. The predicted molar refractivity (Wildman–Crippen MR) is 112 cm³/mol. The van der Waals surface area contributed by atoms with E-state index in [0.717, 1.165) is 20.9 Å². The normalized spacial score (nSPS) is 16.6. The smallest absolute Gasteiger partial charge is 0.326 e. The Balaban J connectivity index is 1.61. The second-order valence-electron chi connectivity index (χ2n) is 6.79. The quantitative estimate of drug-likeness (QED) is 0.537. The summed E-state index contributed by atoms with van der Waals surface area (Å²) in [6.45, 7) is 0. The molecule has 1 aliphatic carbocycles. The predicted octanol–water partition coefficient (Wildman–Crippen LogP) is 4.11. The highest BCUT2D eigenvalue weighted by molar-refractivity contribution is 14.1. The fourth-order valence-electron chi connectivity index (χ4n) is 3.46. The summed E-state index contributed by atoms with van der Waals surface area (Å²) in [5, 5.41) is 12.0. The molecule has 0 radical (unpaired) electrons. The maximum atomic E-state index is 13.9. The van der Waals surface area contributed by atoms with Crippen LogP contribution in [0.1, 0.15) is 23.1 Å². The third kappa shape index (κ3) is 5.28. The van der Waals surface area contributed by atoms with Crippen LogP contribution in [0.3, 0.4) is 0 Å². The Kier molecular flexibility index (Phi) is 6.52. The van der Waals surface area contributed by atoms with Crippen molar-refractivity contribution in [3.05, 3.63) is 66.9 Å². The first-order chi connectivity index (χ1) is 12.8. The van der Waals surface area contributed by atoms with Gasteiger partial charge in [-0.2, -0.15) is 0 Å². The van der Waals surface area contributed by atoms with Gasteiger partial charge < -0.3 is 10.4 Å². The number of carbonyl (C=O) groups is 2. The van der Waals surface area contributed by atoms with Gasteiger partial charge >= 0.3 is 5.97 Å². The first kappa shape index (κ1) is 20.3. The molecule has 2 atom stereocenters. The molecular weight excluding hydrogens is 528 g/mol. The third-order valence-corrected chi connectivity index (χ3v) is 5.89. The van der Waals surface area contributed by atoms with Crippen molar-refractivity contribution >= 4 is 50.4 Å². The van der Waals surface area contributed by atoms with Crippen molar-refractivity contribution in [3.63, 3.8) is 0 Å². The van der Waals surface area contributed by atoms with E-state index in [-0.39, 0.29) is 30.2 Å². The van der Waals surface area contributed by atoms with E-state index in [0.29, 0.717) is 0 Å². The highest BCUT2D eigenvalue weighted by Crippen LogP contribution is 2.31. The van der Waals surface area contributed by atoms with Crippen molar-refractivity contribution in [3.8, 4) is 0 Å². The van der Waals surface area contributed by atoms with Gasteiger partial charge in [0.25, 0.3) is 0 Å². The number of halogens is 3. The van der Waals surface area contributed by atoms with Gasteiger partial charge in [-0.25, -0.2) is 9.18 Å². The molecule has 142 valence electrons. The molecule has 0 saturated carbocycles. The van der Waals surface area contributed by atoms with Crippen LogP contribution in [-0.2, 0) is 28.9 Å². The summed E-state index contributed by atoms with van der Waals surface area (Å²) in [4.78, 5) is 23.9. The number of fused-ring (bicyclic) bond motifs is 1.